The zero-order valence-corrected chi connectivity index (χ0v) is 20.8. The maximum absolute atomic E-state index is 13.2. The molecule has 0 aromatic heterocycles. The smallest absolute Gasteiger partial charge is 0.335 e. The van der Waals surface area contributed by atoms with Crippen molar-refractivity contribution in [3.63, 3.8) is 0 Å². The number of rotatable bonds is 7. The number of hydrogen-bond donors (Lipinski definition) is 1. The van der Waals surface area contributed by atoms with E-state index in [0.717, 1.165) is 16.0 Å². The number of nitrogens with zero attached hydrogens (tertiary/aromatic N) is 1. The van der Waals surface area contributed by atoms with E-state index in [-0.39, 0.29) is 5.57 Å². The van der Waals surface area contributed by atoms with E-state index < -0.39 is 17.8 Å². The highest BCUT2D eigenvalue weighted by molar-refractivity contribution is 9.10. The molecule has 35 heavy (non-hydrogen) atoms. The number of carbonyl (C=O) groups excluding carboxylic acids is 3. The van der Waals surface area contributed by atoms with Crippen LogP contribution in [0.1, 0.15) is 23.6 Å². The van der Waals surface area contributed by atoms with Crippen molar-refractivity contribution in [1.82, 2.24) is 5.32 Å². The van der Waals surface area contributed by atoms with Crippen molar-refractivity contribution in [1.29, 1.82) is 0 Å². The minimum atomic E-state index is -0.792. The molecule has 0 radical (unpaired) electrons. The second-order valence-corrected chi connectivity index (χ2v) is 8.68. The predicted molar refractivity (Wildman–Crippen MR) is 136 cm³/mol. The summed E-state index contributed by atoms with van der Waals surface area (Å²) in [5.74, 6) is -0.497. The maximum Gasteiger partial charge on any atom is 0.335 e. The van der Waals surface area contributed by atoms with Crippen LogP contribution in [0.25, 0.3) is 6.08 Å². The minimum Gasteiger partial charge on any atom is -0.490 e. The molecule has 1 aliphatic rings. The van der Waals surface area contributed by atoms with Gasteiger partial charge < -0.3 is 9.47 Å². The fourth-order valence-corrected chi connectivity index (χ4v) is 3.96. The number of benzene rings is 3. The average Bonchev–Trinajstić information content (AvgIpc) is 2.84. The second kappa shape index (κ2) is 10.6. The van der Waals surface area contributed by atoms with Gasteiger partial charge in [0.25, 0.3) is 11.8 Å². The van der Waals surface area contributed by atoms with Gasteiger partial charge in [0.05, 0.1) is 12.3 Å². The number of amides is 4. The molecular weight excluding hydrogens is 512 g/mol. The van der Waals surface area contributed by atoms with Gasteiger partial charge in [-0.15, -0.1) is 0 Å². The van der Waals surface area contributed by atoms with E-state index in [0.29, 0.717) is 40.4 Å². The molecule has 0 aliphatic carbocycles. The van der Waals surface area contributed by atoms with Gasteiger partial charge in [-0.1, -0.05) is 64.0 Å². The van der Waals surface area contributed by atoms with Crippen molar-refractivity contribution in [2.75, 3.05) is 11.5 Å². The van der Waals surface area contributed by atoms with Crippen LogP contribution in [0, 0.1) is 6.92 Å². The Kier molecular flexibility index (Phi) is 7.31. The summed E-state index contributed by atoms with van der Waals surface area (Å²) in [5.41, 5.74) is 2.70. The van der Waals surface area contributed by atoms with Gasteiger partial charge in [-0.25, -0.2) is 9.69 Å². The number of imide groups is 2. The van der Waals surface area contributed by atoms with Crippen molar-refractivity contribution in [2.24, 2.45) is 0 Å². The van der Waals surface area contributed by atoms with Crippen LogP contribution in [0.15, 0.2) is 76.8 Å². The normalized spacial score (nSPS) is 14.8. The summed E-state index contributed by atoms with van der Waals surface area (Å²) in [6, 6.07) is 19.2. The minimum absolute atomic E-state index is 0.175. The molecule has 1 aliphatic heterocycles. The van der Waals surface area contributed by atoms with Crippen LogP contribution >= 0.6 is 15.9 Å². The van der Waals surface area contributed by atoms with Gasteiger partial charge in [-0.2, -0.15) is 0 Å². The number of urea groups is 1. The molecule has 3 aromatic carbocycles. The van der Waals surface area contributed by atoms with Gasteiger partial charge in [-0.05, 0) is 55.3 Å². The van der Waals surface area contributed by atoms with Crippen molar-refractivity contribution in [3.05, 3.63) is 93.5 Å². The number of halogens is 1. The van der Waals surface area contributed by atoms with E-state index in [1.807, 2.05) is 44.2 Å². The van der Waals surface area contributed by atoms with E-state index in [2.05, 4.69) is 21.2 Å². The molecular formula is C27H23BrN2O5. The molecule has 1 saturated heterocycles. The number of hydrogen-bond acceptors (Lipinski definition) is 5. The molecule has 1 N–H and O–H groups in total. The first kappa shape index (κ1) is 24.2. The molecule has 7 nitrogen and oxygen atoms in total. The van der Waals surface area contributed by atoms with E-state index in [1.54, 1.807) is 36.4 Å². The van der Waals surface area contributed by atoms with E-state index in [1.165, 1.54) is 6.08 Å². The largest absolute Gasteiger partial charge is 0.490 e. The molecule has 1 fully saturated rings. The number of aryl methyl sites for hydroxylation is 1. The van der Waals surface area contributed by atoms with Crippen molar-refractivity contribution in [2.45, 2.75) is 20.5 Å². The van der Waals surface area contributed by atoms with E-state index in [4.69, 9.17) is 9.47 Å². The summed E-state index contributed by atoms with van der Waals surface area (Å²) < 4.78 is 12.3. The van der Waals surface area contributed by atoms with Crippen LogP contribution in [0.5, 0.6) is 11.5 Å². The molecule has 0 spiro atoms. The molecule has 8 heteroatoms. The van der Waals surface area contributed by atoms with Gasteiger partial charge in [-0.3, -0.25) is 14.9 Å². The summed E-state index contributed by atoms with van der Waals surface area (Å²) in [4.78, 5) is 39.2. The average molecular weight is 535 g/mol. The second-order valence-electron chi connectivity index (χ2n) is 7.82. The van der Waals surface area contributed by atoms with Crippen molar-refractivity contribution >= 4 is 45.5 Å². The lowest BCUT2D eigenvalue weighted by Crippen LogP contribution is -2.54. The quantitative estimate of drug-likeness (QED) is 0.324. The fraction of sp³-hybridized carbons (Fsp3) is 0.148. The molecule has 1 heterocycles. The van der Waals surface area contributed by atoms with Crippen LogP contribution in [0.4, 0.5) is 10.5 Å². The summed E-state index contributed by atoms with van der Waals surface area (Å²) in [5, 5.41) is 2.24. The number of barbiturate groups is 1. The number of ether oxygens (including phenoxy) is 2. The lowest BCUT2D eigenvalue weighted by molar-refractivity contribution is -0.122. The molecule has 4 amide bonds. The van der Waals surface area contributed by atoms with Crippen molar-refractivity contribution < 1.29 is 23.9 Å². The third-order valence-electron chi connectivity index (χ3n) is 5.29. The van der Waals surface area contributed by atoms with Crippen molar-refractivity contribution in [3.8, 4) is 11.5 Å². The highest BCUT2D eigenvalue weighted by atomic mass is 79.9. The molecule has 4 rings (SSSR count). The van der Waals surface area contributed by atoms with Gasteiger partial charge in [0.1, 0.15) is 12.2 Å². The molecule has 178 valence electrons. The van der Waals surface area contributed by atoms with Crippen LogP contribution in [-0.2, 0) is 16.2 Å². The first-order valence-electron chi connectivity index (χ1n) is 11.0. The molecule has 0 bridgehead atoms. The number of anilines is 1. The molecule has 0 atom stereocenters. The first-order valence-corrected chi connectivity index (χ1v) is 11.8. The SMILES string of the molecule is CCOc1cc(/C=C2\C(=O)NC(=O)N(c3ccc(C)cc3)C2=O)c(Br)cc1OCc1ccccc1. The summed E-state index contributed by atoms with van der Waals surface area (Å²) in [6.45, 7) is 4.50. The highest BCUT2D eigenvalue weighted by Gasteiger charge is 2.37. The van der Waals surface area contributed by atoms with Crippen LogP contribution in [0.3, 0.4) is 0 Å². The van der Waals surface area contributed by atoms with Gasteiger partial charge in [0.15, 0.2) is 11.5 Å². The predicted octanol–water partition coefficient (Wildman–Crippen LogP) is 5.40. The topological polar surface area (TPSA) is 84.9 Å². The Bertz CT molecular complexity index is 1300. The zero-order valence-electron chi connectivity index (χ0n) is 19.2. The third-order valence-corrected chi connectivity index (χ3v) is 5.98. The zero-order chi connectivity index (χ0) is 24.9. The van der Waals surface area contributed by atoms with Gasteiger partial charge >= 0.3 is 6.03 Å². The lowest BCUT2D eigenvalue weighted by atomic mass is 10.1. The Morgan fingerprint density at radius 1 is 0.943 bits per heavy atom. The standard InChI is InChI=1S/C27H23BrN2O5/c1-3-34-23-14-19(22(28)15-24(23)35-16-18-7-5-4-6-8-18)13-21-25(31)29-27(33)30(26(21)32)20-11-9-17(2)10-12-20/h4-15H,3,16H2,1-2H3,(H,29,31,33)/b21-13+. The molecule has 0 saturated carbocycles. The Hall–Kier alpha value is -3.91. The maximum atomic E-state index is 13.2. The van der Waals surface area contributed by atoms with E-state index in [9.17, 15) is 14.4 Å². The number of carbonyl (C=O) groups is 3. The van der Waals surface area contributed by atoms with Crippen LogP contribution in [0.2, 0.25) is 0 Å². The number of nitrogens with one attached hydrogen (secondary N) is 1. The Balaban J connectivity index is 1.66. The Morgan fingerprint density at radius 2 is 1.63 bits per heavy atom. The molecule has 3 aromatic rings. The lowest BCUT2D eigenvalue weighted by Gasteiger charge is -2.26. The Morgan fingerprint density at radius 3 is 2.31 bits per heavy atom. The third kappa shape index (κ3) is 5.44. The fourth-order valence-electron chi connectivity index (χ4n) is 3.52. The summed E-state index contributed by atoms with van der Waals surface area (Å²) in [6.07, 6.45) is 1.43. The van der Waals surface area contributed by atoms with E-state index >= 15 is 0 Å². The molecule has 0 unspecified atom stereocenters. The monoisotopic (exact) mass is 534 g/mol. The van der Waals surface area contributed by atoms with Gasteiger partial charge in [0.2, 0.25) is 0 Å². The highest BCUT2D eigenvalue weighted by Crippen LogP contribution is 2.36. The van der Waals surface area contributed by atoms with Crippen LogP contribution in [-0.4, -0.2) is 24.5 Å². The van der Waals surface area contributed by atoms with Gasteiger partial charge in [0, 0.05) is 4.47 Å². The summed E-state index contributed by atoms with van der Waals surface area (Å²) in [7, 11) is 0. The first-order chi connectivity index (χ1) is 16.9. The summed E-state index contributed by atoms with van der Waals surface area (Å²) >= 11 is 3.50. The van der Waals surface area contributed by atoms with Crippen LogP contribution < -0.4 is 19.7 Å². The Labute approximate surface area is 211 Å².